The summed E-state index contributed by atoms with van der Waals surface area (Å²) in [5, 5.41) is 35.1. The van der Waals surface area contributed by atoms with Gasteiger partial charge in [0.2, 0.25) is 0 Å². The predicted octanol–water partition coefficient (Wildman–Crippen LogP) is 2.62. The number of rotatable bonds is 12. The van der Waals surface area contributed by atoms with Gasteiger partial charge in [-0.15, -0.1) is 0 Å². The van der Waals surface area contributed by atoms with Gasteiger partial charge in [0.15, 0.2) is 0 Å². The summed E-state index contributed by atoms with van der Waals surface area (Å²) in [5.41, 5.74) is 0. The molecule has 0 aromatic carbocycles. The fourth-order valence-corrected chi connectivity index (χ4v) is 1.85. The number of unbranched alkanes of at least 4 members (excludes halogenated alkanes) is 4. The Kier molecular flexibility index (Phi) is 20.8. The van der Waals surface area contributed by atoms with Crippen LogP contribution >= 0.6 is 0 Å². The van der Waals surface area contributed by atoms with Crippen molar-refractivity contribution in [3.8, 4) is 0 Å². The molecule has 0 aliphatic rings. The minimum absolute atomic E-state index is 0.104. The van der Waals surface area contributed by atoms with E-state index < -0.39 is 0 Å². The van der Waals surface area contributed by atoms with Gasteiger partial charge >= 0.3 is 0 Å². The smallest absolute Gasteiger partial charge is 0.0562 e. The van der Waals surface area contributed by atoms with E-state index >= 15 is 0 Å². The molecule has 124 valence electrons. The second kappa shape index (κ2) is 18.8. The van der Waals surface area contributed by atoms with Gasteiger partial charge in [-0.2, -0.15) is 0 Å². The third-order valence-electron chi connectivity index (χ3n) is 3.21. The minimum atomic E-state index is -0.281. The molecule has 0 aromatic rings. The van der Waals surface area contributed by atoms with Crippen LogP contribution in [0.4, 0.5) is 0 Å². The summed E-state index contributed by atoms with van der Waals surface area (Å²) in [6.45, 7) is 4.48. The Bertz CT molecular complexity index is 147. The lowest BCUT2D eigenvalue weighted by Crippen LogP contribution is -2.07. The Hall–Kier alpha value is -0.160. The molecule has 0 aromatic heterocycles. The van der Waals surface area contributed by atoms with Gasteiger partial charge in [0.25, 0.3) is 0 Å². The monoisotopic (exact) mass is 292 g/mol. The highest BCUT2D eigenvalue weighted by molar-refractivity contribution is 4.54. The molecular weight excluding hydrogens is 256 g/mol. The molecule has 0 fully saturated rings. The Balaban J connectivity index is 0. The van der Waals surface area contributed by atoms with Crippen molar-refractivity contribution in [2.45, 2.75) is 90.3 Å². The van der Waals surface area contributed by atoms with Gasteiger partial charge in [-0.1, -0.05) is 52.4 Å². The lowest BCUT2D eigenvalue weighted by molar-refractivity contribution is 0.122. The molecular formula is C16H36O4. The summed E-state index contributed by atoms with van der Waals surface area (Å²) >= 11 is 0. The van der Waals surface area contributed by atoms with Crippen molar-refractivity contribution in [3.05, 3.63) is 0 Å². The van der Waals surface area contributed by atoms with E-state index in [4.69, 9.17) is 20.4 Å². The molecule has 0 aliphatic heterocycles. The van der Waals surface area contributed by atoms with Crippen molar-refractivity contribution in [2.24, 2.45) is 0 Å². The molecule has 4 N–H and O–H groups in total. The molecule has 0 bridgehead atoms. The Labute approximate surface area is 124 Å². The second-order valence-corrected chi connectivity index (χ2v) is 5.32. The van der Waals surface area contributed by atoms with E-state index in [1.807, 2.05) is 0 Å². The van der Waals surface area contributed by atoms with Crippen molar-refractivity contribution in [3.63, 3.8) is 0 Å². The molecule has 0 spiro atoms. The molecule has 2 unspecified atom stereocenters. The van der Waals surface area contributed by atoms with Gasteiger partial charge in [0.1, 0.15) is 0 Å². The average Bonchev–Trinajstić information content (AvgIpc) is 2.41. The summed E-state index contributed by atoms with van der Waals surface area (Å²) in [4.78, 5) is 0. The number of aliphatic hydroxyl groups excluding tert-OH is 4. The van der Waals surface area contributed by atoms with E-state index in [-0.39, 0.29) is 25.4 Å². The average molecular weight is 292 g/mol. The molecule has 0 saturated carbocycles. The van der Waals surface area contributed by atoms with Crippen LogP contribution in [0.1, 0.15) is 78.1 Å². The third-order valence-corrected chi connectivity index (χ3v) is 3.21. The first kappa shape index (κ1) is 22.1. The molecule has 4 nitrogen and oxygen atoms in total. The predicted molar refractivity (Wildman–Crippen MR) is 83.7 cm³/mol. The van der Waals surface area contributed by atoms with Crippen LogP contribution in [0.2, 0.25) is 0 Å². The third kappa shape index (κ3) is 20.2. The lowest BCUT2D eigenvalue weighted by atomic mass is 10.1. The first-order valence-corrected chi connectivity index (χ1v) is 8.20. The van der Waals surface area contributed by atoms with E-state index in [2.05, 4.69) is 13.8 Å². The fraction of sp³-hybridized carbons (Fsp3) is 1.00. The van der Waals surface area contributed by atoms with Crippen LogP contribution < -0.4 is 0 Å². The summed E-state index contributed by atoms with van der Waals surface area (Å²) in [6.07, 6.45) is 9.09. The van der Waals surface area contributed by atoms with E-state index in [1.165, 1.54) is 25.7 Å². The summed E-state index contributed by atoms with van der Waals surface area (Å²) in [5.74, 6) is 0. The minimum Gasteiger partial charge on any atom is -0.396 e. The highest BCUT2D eigenvalue weighted by atomic mass is 16.3. The summed E-state index contributed by atoms with van der Waals surface area (Å²) < 4.78 is 0. The van der Waals surface area contributed by atoms with E-state index in [9.17, 15) is 0 Å². The zero-order valence-corrected chi connectivity index (χ0v) is 13.4. The molecule has 20 heavy (non-hydrogen) atoms. The number of hydrogen-bond donors (Lipinski definition) is 4. The van der Waals surface area contributed by atoms with Crippen LogP contribution in [0.3, 0.4) is 0 Å². The van der Waals surface area contributed by atoms with Crippen molar-refractivity contribution in [1.29, 1.82) is 0 Å². The molecule has 4 heteroatoms. The lowest BCUT2D eigenvalue weighted by Gasteiger charge is -2.06. The van der Waals surface area contributed by atoms with E-state index in [0.29, 0.717) is 12.8 Å². The maximum absolute atomic E-state index is 9.12. The molecule has 0 saturated heterocycles. The largest absolute Gasteiger partial charge is 0.396 e. The van der Waals surface area contributed by atoms with Crippen LogP contribution in [0, 0.1) is 0 Å². The summed E-state index contributed by atoms with van der Waals surface area (Å²) in [6, 6.07) is 0. The molecule has 0 radical (unpaired) electrons. The standard InChI is InChI=1S/2C8H18O2/c2*1-2-3-4-5-8(10)6-7-9/h2*8-10H,2-7H2,1H3. The fourth-order valence-electron chi connectivity index (χ4n) is 1.85. The summed E-state index contributed by atoms with van der Waals surface area (Å²) in [7, 11) is 0. The first-order valence-electron chi connectivity index (χ1n) is 8.20. The zero-order chi connectivity index (χ0) is 15.6. The quantitative estimate of drug-likeness (QED) is 0.417. The van der Waals surface area contributed by atoms with Crippen molar-refractivity contribution < 1.29 is 20.4 Å². The van der Waals surface area contributed by atoms with Gasteiger partial charge in [-0.25, -0.2) is 0 Å². The van der Waals surface area contributed by atoms with Crippen LogP contribution in [0.15, 0.2) is 0 Å². The Morgan fingerprint density at radius 1 is 0.600 bits per heavy atom. The van der Waals surface area contributed by atoms with Crippen molar-refractivity contribution >= 4 is 0 Å². The van der Waals surface area contributed by atoms with Crippen LogP contribution in [-0.4, -0.2) is 45.8 Å². The van der Waals surface area contributed by atoms with Crippen molar-refractivity contribution in [1.82, 2.24) is 0 Å². The van der Waals surface area contributed by atoms with Crippen molar-refractivity contribution in [2.75, 3.05) is 13.2 Å². The topological polar surface area (TPSA) is 80.9 Å². The molecule has 0 heterocycles. The maximum Gasteiger partial charge on any atom is 0.0562 e. The van der Waals surface area contributed by atoms with Gasteiger partial charge in [-0.05, 0) is 25.7 Å². The Morgan fingerprint density at radius 3 is 1.20 bits per heavy atom. The molecule has 0 rings (SSSR count). The normalized spacial score (nSPS) is 13.5. The molecule has 0 aliphatic carbocycles. The van der Waals surface area contributed by atoms with E-state index in [0.717, 1.165) is 25.7 Å². The van der Waals surface area contributed by atoms with Crippen LogP contribution in [0.25, 0.3) is 0 Å². The van der Waals surface area contributed by atoms with Crippen LogP contribution in [-0.2, 0) is 0 Å². The van der Waals surface area contributed by atoms with Gasteiger partial charge in [0.05, 0.1) is 12.2 Å². The molecule has 0 amide bonds. The second-order valence-electron chi connectivity index (χ2n) is 5.32. The number of hydrogen-bond acceptors (Lipinski definition) is 4. The molecule has 2 atom stereocenters. The highest BCUT2D eigenvalue weighted by Crippen LogP contribution is 2.05. The highest BCUT2D eigenvalue weighted by Gasteiger charge is 2.01. The van der Waals surface area contributed by atoms with Crippen LogP contribution in [0.5, 0.6) is 0 Å². The Morgan fingerprint density at radius 2 is 0.950 bits per heavy atom. The number of aliphatic hydroxyl groups is 4. The van der Waals surface area contributed by atoms with Gasteiger partial charge in [0, 0.05) is 13.2 Å². The van der Waals surface area contributed by atoms with E-state index in [1.54, 1.807) is 0 Å². The maximum atomic E-state index is 9.12. The first-order chi connectivity index (χ1) is 9.62. The van der Waals surface area contributed by atoms with Gasteiger partial charge in [-0.3, -0.25) is 0 Å². The van der Waals surface area contributed by atoms with Gasteiger partial charge < -0.3 is 20.4 Å². The SMILES string of the molecule is CCCCCC(O)CCO.CCCCCC(O)CCO. The zero-order valence-electron chi connectivity index (χ0n) is 13.4.